The Morgan fingerprint density at radius 3 is 2.65 bits per heavy atom. The average Bonchev–Trinajstić information content (AvgIpc) is 2.26. The van der Waals surface area contributed by atoms with E-state index < -0.39 is 17.1 Å². The van der Waals surface area contributed by atoms with Crippen molar-refractivity contribution in [1.29, 1.82) is 0 Å². The zero-order chi connectivity index (χ0) is 13.1. The summed E-state index contributed by atoms with van der Waals surface area (Å²) in [5, 5.41) is 11.7. The second kappa shape index (κ2) is 5.27. The van der Waals surface area contributed by atoms with Crippen LogP contribution < -0.4 is 5.32 Å². The normalized spacial score (nSPS) is 11.4. The van der Waals surface area contributed by atoms with E-state index in [1.54, 1.807) is 13.0 Å². The maximum atomic E-state index is 13.5. The third-order valence-corrected chi connectivity index (χ3v) is 2.52. The molecule has 3 nitrogen and oxygen atoms in total. The molecule has 0 spiro atoms. The fourth-order valence-corrected chi connectivity index (χ4v) is 1.27. The predicted octanol–water partition coefficient (Wildman–Crippen LogP) is 1.88. The highest BCUT2D eigenvalue weighted by atomic mass is 19.1. The van der Waals surface area contributed by atoms with Gasteiger partial charge in [-0.1, -0.05) is 19.9 Å². The van der Waals surface area contributed by atoms with Gasteiger partial charge in [0.15, 0.2) is 0 Å². The molecule has 0 unspecified atom stereocenters. The molecule has 4 heteroatoms. The van der Waals surface area contributed by atoms with E-state index in [1.165, 1.54) is 12.1 Å². The van der Waals surface area contributed by atoms with Crippen LogP contribution in [0.2, 0.25) is 0 Å². The van der Waals surface area contributed by atoms with E-state index >= 15 is 0 Å². The lowest BCUT2D eigenvalue weighted by atomic mass is 9.95. The molecule has 1 rings (SSSR count). The number of hydrogen-bond acceptors (Lipinski definition) is 2. The number of aliphatic hydroxyl groups is 1. The number of carbonyl (C=O) groups is 1. The largest absolute Gasteiger partial charge is 0.396 e. The quantitative estimate of drug-likeness (QED) is 0.843. The van der Waals surface area contributed by atoms with Crippen molar-refractivity contribution in [3.05, 3.63) is 35.1 Å². The molecule has 94 valence electrons. The van der Waals surface area contributed by atoms with Crippen molar-refractivity contribution in [3.63, 3.8) is 0 Å². The van der Waals surface area contributed by atoms with Gasteiger partial charge in [-0.3, -0.25) is 4.79 Å². The van der Waals surface area contributed by atoms with Gasteiger partial charge >= 0.3 is 0 Å². The molecule has 2 N–H and O–H groups in total. The van der Waals surface area contributed by atoms with Gasteiger partial charge in [-0.05, 0) is 24.6 Å². The maximum Gasteiger partial charge on any atom is 0.254 e. The molecular formula is C13H18FNO2. The first-order valence-electron chi connectivity index (χ1n) is 5.51. The number of aryl methyl sites for hydroxylation is 1. The Morgan fingerprint density at radius 2 is 2.12 bits per heavy atom. The summed E-state index contributed by atoms with van der Waals surface area (Å²) < 4.78 is 13.5. The second-order valence-electron chi connectivity index (χ2n) is 4.99. The Bertz CT molecular complexity index is 416. The van der Waals surface area contributed by atoms with E-state index in [0.717, 1.165) is 5.56 Å². The topological polar surface area (TPSA) is 49.3 Å². The van der Waals surface area contributed by atoms with Crippen molar-refractivity contribution in [2.45, 2.75) is 20.8 Å². The van der Waals surface area contributed by atoms with Crippen molar-refractivity contribution in [2.24, 2.45) is 5.41 Å². The monoisotopic (exact) mass is 239 g/mol. The smallest absolute Gasteiger partial charge is 0.254 e. The molecule has 0 radical (unpaired) electrons. The zero-order valence-electron chi connectivity index (χ0n) is 10.4. The van der Waals surface area contributed by atoms with Crippen LogP contribution >= 0.6 is 0 Å². The minimum Gasteiger partial charge on any atom is -0.396 e. The molecular weight excluding hydrogens is 221 g/mol. The maximum absolute atomic E-state index is 13.5. The van der Waals surface area contributed by atoms with E-state index in [9.17, 15) is 9.18 Å². The van der Waals surface area contributed by atoms with Crippen LogP contribution in [0.15, 0.2) is 18.2 Å². The number of halogens is 1. The third kappa shape index (κ3) is 3.82. The van der Waals surface area contributed by atoms with Gasteiger partial charge in [0.1, 0.15) is 5.82 Å². The highest BCUT2D eigenvalue weighted by Crippen LogP contribution is 2.13. The summed E-state index contributed by atoms with van der Waals surface area (Å²) in [6.07, 6.45) is 0. The minimum absolute atomic E-state index is 0.0318. The van der Waals surface area contributed by atoms with E-state index in [2.05, 4.69) is 5.32 Å². The number of aliphatic hydroxyl groups excluding tert-OH is 1. The molecule has 0 aliphatic rings. The highest BCUT2D eigenvalue weighted by Gasteiger charge is 2.19. The lowest BCUT2D eigenvalue weighted by molar-refractivity contribution is 0.0907. The van der Waals surface area contributed by atoms with Crippen LogP contribution in [0.3, 0.4) is 0 Å². The summed E-state index contributed by atoms with van der Waals surface area (Å²) >= 11 is 0. The highest BCUT2D eigenvalue weighted by molar-refractivity contribution is 5.94. The van der Waals surface area contributed by atoms with Crippen LogP contribution in [0.1, 0.15) is 29.8 Å². The van der Waals surface area contributed by atoms with Gasteiger partial charge in [0.25, 0.3) is 5.91 Å². The van der Waals surface area contributed by atoms with Gasteiger partial charge in [0, 0.05) is 18.6 Å². The van der Waals surface area contributed by atoms with Gasteiger partial charge < -0.3 is 10.4 Å². The molecule has 1 aromatic rings. The Hall–Kier alpha value is -1.42. The number of nitrogens with one attached hydrogen (secondary N) is 1. The third-order valence-electron chi connectivity index (χ3n) is 2.52. The molecule has 0 aliphatic heterocycles. The van der Waals surface area contributed by atoms with Gasteiger partial charge in [-0.25, -0.2) is 4.39 Å². The summed E-state index contributed by atoms with van der Waals surface area (Å²) in [7, 11) is 0. The first kappa shape index (κ1) is 13.6. The van der Waals surface area contributed by atoms with Crippen molar-refractivity contribution < 1.29 is 14.3 Å². The first-order chi connectivity index (χ1) is 7.85. The Kier molecular flexibility index (Phi) is 4.23. The Labute approximate surface area is 101 Å². The van der Waals surface area contributed by atoms with E-state index in [0.29, 0.717) is 6.54 Å². The first-order valence-corrected chi connectivity index (χ1v) is 5.51. The number of rotatable bonds is 4. The lowest BCUT2D eigenvalue weighted by Crippen LogP contribution is -2.36. The van der Waals surface area contributed by atoms with E-state index in [1.807, 2.05) is 13.8 Å². The molecule has 0 heterocycles. The van der Waals surface area contributed by atoms with Crippen molar-refractivity contribution in [1.82, 2.24) is 5.32 Å². The molecule has 0 bridgehead atoms. The Morgan fingerprint density at radius 1 is 1.47 bits per heavy atom. The molecule has 0 aromatic heterocycles. The molecule has 0 atom stereocenters. The minimum atomic E-state index is -0.524. The summed E-state index contributed by atoms with van der Waals surface area (Å²) in [6, 6.07) is 4.48. The molecule has 1 amide bonds. The molecule has 0 saturated heterocycles. The van der Waals surface area contributed by atoms with Crippen LogP contribution in [-0.2, 0) is 0 Å². The van der Waals surface area contributed by atoms with Crippen LogP contribution in [0, 0.1) is 18.2 Å². The number of hydrogen-bond donors (Lipinski definition) is 2. The summed E-state index contributed by atoms with van der Waals surface area (Å²) in [4.78, 5) is 11.7. The van der Waals surface area contributed by atoms with Gasteiger partial charge in [-0.2, -0.15) is 0 Å². The molecule has 0 saturated carbocycles. The average molecular weight is 239 g/mol. The fraction of sp³-hybridized carbons (Fsp3) is 0.462. The van der Waals surface area contributed by atoms with Crippen LogP contribution in [-0.4, -0.2) is 24.2 Å². The fourth-order valence-electron chi connectivity index (χ4n) is 1.27. The van der Waals surface area contributed by atoms with Crippen molar-refractivity contribution >= 4 is 5.91 Å². The molecule has 1 aromatic carbocycles. The van der Waals surface area contributed by atoms with Gasteiger partial charge in [-0.15, -0.1) is 0 Å². The lowest BCUT2D eigenvalue weighted by Gasteiger charge is -2.21. The van der Waals surface area contributed by atoms with Gasteiger partial charge in [0.05, 0.1) is 5.56 Å². The SMILES string of the molecule is Cc1ccc(C(=O)NCC(C)(C)CO)c(F)c1. The predicted molar refractivity (Wildman–Crippen MR) is 64.3 cm³/mol. The van der Waals surface area contributed by atoms with E-state index in [-0.39, 0.29) is 12.2 Å². The second-order valence-corrected chi connectivity index (χ2v) is 4.99. The van der Waals surface area contributed by atoms with Crippen molar-refractivity contribution in [2.75, 3.05) is 13.2 Å². The van der Waals surface area contributed by atoms with Crippen molar-refractivity contribution in [3.8, 4) is 0 Å². The molecule has 0 fully saturated rings. The summed E-state index contributed by atoms with van der Waals surface area (Å²) in [5.41, 5.74) is 0.399. The van der Waals surface area contributed by atoms with E-state index in [4.69, 9.17) is 5.11 Å². The number of benzene rings is 1. The van der Waals surface area contributed by atoms with Crippen LogP contribution in [0.25, 0.3) is 0 Å². The summed E-state index contributed by atoms with van der Waals surface area (Å²) in [6.45, 7) is 5.66. The standard InChI is InChI=1S/C13H18FNO2/c1-9-4-5-10(11(14)6-9)12(17)15-7-13(2,3)8-16/h4-6,16H,7-8H2,1-3H3,(H,15,17). The van der Waals surface area contributed by atoms with Crippen LogP contribution in [0.4, 0.5) is 4.39 Å². The zero-order valence-corrected chi connectivity index (χ0v) is 10.4. The van der Waals surface area contributed by atoms with Crippen LogP contribution in [0.5, 0.6) is 0 Å². The molecule has 17 heavy (non-hydrogen) atoms. The van der Waals surface area contributed by atoms with Gasteiger partial charge in [0.2, 0.25) is 0 Å². The molecule has 0 aliphatic carbocycles. The Balaban J connectivity index is 2.71. The number of carbonyl (C=O) groups excluding carboxylic acids is 1. The summed E-state index contributed by atoms with van der Waals surface area (Å²) in [5.74, 6) is -0.978. The number of amides is 1.